The van der Waals surface area contributed by atoms with Gasteiger partial charge in [0.15, 0.2) is 0 Å². The van der Waals surface area contributed by atoms with E-state index in [0.717, 1.165) is 37.8 Å². The van der Waals surface area contributed by atoms with Gasteiger partial charge in [0.05, 0.1) is 12.5 Å². The van der Waals surface area contributed by atoms with Crippen LogP contribution in [-0.4, -0.2) is 29.8 Å². The van der Waals surface area contributed by atoms with Crippen LogP contribution >= 0.6 is 0 Å². The van der Waals surface area contributed by atoms with E-state index >= 15 is 0 Å². The first kappa shape index (κ1) is 18.4. The van der Waals surface area contributed by atoms with E-state index in [1.807, 2.05) is 0 Å². The molecule has 0 unspecified atom stereocenters. The molecule has 1 aromatic carbocycles. The van der Waals surface area contributed by atoms with Crippen molar-refractivity contribution in [1.82, 2.24) is 10.2 Å². The Hall–Kier alpha value is -1.98. The first-order valence-electron chi connectivity index (χ1n) is 8.48. The average molecular weight is 338 g/mol. The predicted octanol–water partition coefficient (Wildman–Crippen LogP) is 3.32. The second kappa shape index (κ2) is 8.76. The molecule has 1 aromatic rings. The van der Waals surface area contributed by atoms with Gasteiger partial charge in [-0.05, 0) is 25.0 Å². The summed E-state index contributed by atoms with van der Waals surface area (Å²) < 4.78 is 28.1. The SMILES string of the molecule is CC(=O)N[C@H](CC(=O)N1CCCCCCC1)c1c(F)cccc1F. The lowest BCUT2D eigenvalue weighted by Gasteiger charge is -2.27. The zero-order chi connectivity index (χ0) is 17.5. The van der Waals surface area contributed by atoms with Gasteiger partial charge in [-0.3, -0.25) is 9.59 Å². The zero-order valence-corrected chi connectivity index (χ0v) is 14.0. The van der Waals surface area contributed by atoms with Crippen LogP contribution in [0.3, 0.4) is 0 Å². The third kappa shape index (κ3) is 5.01. The Morgan fingerprint density at radius 2 is 1.62 bits per heavy atom. The minimum absolute atomic E-state index is 0.141. The molecule has 1 aliphatic rings. The number of carbonyl (C=O) groups is 2. The van der Waals surface area contributed by atoms with Crippen molar-refractivity contribution in [2.75, 3.05) is 13.1 Å². The predicted molar refractivity (Wildman–Crippen MR) is 87.2 cm³/mol. The first-order chi connectivity index (χ1) is 11.5. The maximum Gasteiger partial charge on any atom is 0.224 e. The molecule has 1 saturated heterocycles. The number of rotatable bonds is 4. The van der Waals surface area contributed by atoms with Crippen LogP contribution in [-0.2, 0) is 9.59 Å². The van der Waals surface area contributed by atoms with Crippen molar-refractivity contribution >= 4 is 11.8 Å². The summed E-state index contributed by atoms with van der Waals surface area (Å²) in [4.78, 5) is 25.8. The summed E-state index contributed by atoms with van der Waals surface area (Å²) in [5, 5.41) is 2.51. The summed E-state index contributed by atoms with van der Waals surface area (Å²) in [6.07, 6.45) is 5.07. The van der Waals surface area contributed by atoms with Crippen LogP contribution in [0.4, 0.5) is 8.78 Å². The third-order valence-corrected chi connectivity index (χ3v) is 4.31. The van der Waals surface area contributed by atoms with Gasteiger partial charge in [-0.1, -0.05) is 25.3 Å². The maximum atomic E-state index is 14.0. The Bertz CT molecular complexity index is 564. The molecule has 0 spiro atoms. The fourth-order valence-electron chi connectivity index (χ4n) is 3.11. The summed E-state index contributed by atoms with van der Waals surface area (Å²) >= 11 is 0. The smallest absolute Gasteiger partial charge is 0.224 e. The molecular formula is C18H24F2N2O2. The Labute approximate surface area is 141 Å². The van der Waals surface area contributed by atoms with Crippen molar-refractivity contribution in [1.29, 1.82) is 0 Å². The molecule has 24 heavy (non-hydrogen) atoms. The van der Waals surface area contributed by atoms with Gasteiger partial charge in [0.25, 0.3) is 0 Å². The molecule has 4 nitrogen and oxygen atoms in total. The summed E-state index contributed by atoms with van der Waals surface area (Å²) in [5.41, 5.74) is -0.256. The number of carbonyl (C=O) groups excluding carboxylic acids is 2. The fraction of sp³-hybridized carbons (Fsp3) is 0.556. The Morgan fingerprint density at radius 1 is 1.08 bits per heavy atom. The molecule has 1 aliphatic heterocycles. The molecule has 1 heterocycles. The largest absolute Gasteiger partial charge is 0.349 e. The molecule has 6 heteroatoms. The number of nitrogens with zero attached hydrogens (tertiary/aromatic N) is 1. The highest BCUT2D eigenvalue weighted by Crippen LogP contribution is 2.25. The van der Waals surface area contributed by atoms with Crippen molar-refractivity contribution < 1.29 is 18.4 Å². The number of nitrogens with one attached hydrogen (secondary N) is 1. The highest BCUT2D eigenvalue weighted by atomic mass is 19.1. The summed E-state index contributed by atoms with van der Waals surface area (Å²) in [6.45, 7) is 2.59. The number of amides is 2. The number of benzene rings is 1. The van der Waals surface area contributed by atoms with Gasteiger partial charge >= 0.3 is 0 Å². The standard InChI is InChI=1S/C18H24F2N2O2/c1-13(23)21-16(18-14(19)8-7-9-15(18)20)12-17(24)22-10-5-3-2-4-6-11-22/h7-9,16H,2-6,10-12H2,1H3,(H,21,23)/t16-/m1/s1. The molecule has 0 aliphatic carbocycles. The summed E-state index contributed by atoms with van der Waals surface area (Å²) in [5.74, 6) is -2.12. The highest BCUT2D eigenvalue weighted by Gasteiger charge is 2.26. The van der Waals surface area contributed by atoms with Gasteiger partial charge < -0.3 is 10.2 Å². The van der Waals surface area contributed by atoms with E-state index in [1.165, 1.54) is 19.4 Å². The third-order valence-electron chi connectivity index (χ3n) is 4.31. The minimum atomic E-state index is -0.998. The van der Waals surface area contributed by atoms with E-state index < -0.39 is 23.6 Å². The molecule has 2 amide bonds. The van der Waals surface area contributed by atoms with Gasteiger partial charge in [-0.15, -0.1) is 0 Å². The molecule has 1 fully saturated rings. The lowest BCUT2D eigenvalue weighted by Crippen LogP contribution is -2.38. The molecule has 0 radical (unpaired) electrons. The summed E-state index contributed by atoms with van der Waals surface area (Å²) in [6, 6.07) is 2.53. The summed E-state index contributed by atoms with van der Waals surface area (Å²) in [7, 11) is 0. The van der Waals surface area contributed by atoms with E-state index in [0.29, 0.717) is 13.1 Å². The van der Waals surface area contributed by atoms with E-state index in [9.17, 15) is 18.4 Å². The van der Waals surface area contributed by atoms with Crippen molar-refractivity contribution in [3.8, 4) is 0 Å². The van der Waals surface area contributed by atoms with Crippen LogP contribution in [0.2, 0.25) is 0 Å². The van der Waals surface area contributed by atoms with E-state index in [4.69, 9.17) is 0 Å². The van der Waals surface area contributed by atoms with Crippen LogP contribution < -0.4 is 5.32 Å². The van der Waals surface area contributed by atoms with E-state index in [1.54, 1.807) is 4.90 Å². The number of likely N-dealkylation sites (tertiary alicyclic amines) is 1. The van der Waals surface area contributed by atoms with Crippen LogP contribution in [0.25, 0.3) is 0 Å². The molecule has 0 bridgehead atoms. The monoisotopic (exact) mass is 338 g/mol. The van der Waals surface area contributed by atoms with Crippen molar-refractivity contribution in [2.24, 2.45) is 0 Å². The number of hydrogen-bond acceptors (Lipinski definition) is 2. The second-order valence-corrected chi connectivity index (χ2v) is 6.24. The first-order valence-corrected chi connectivity index (χ1v) is 8.48. The Morgan fingerprint density at radius 3 is 2.17 bits per heavy atom. The lowest BCUT2D eigenvalue weighted by molar-refractivity contribution is -0.132. The average Bonchev–Trinajstić information content (AvgIpc) is 2.45. The maximum absolute atomic E-state index is 14.0. The van der Waals surface area contributed by atoms with Crippen molar-refractivity contribution in [3.63, 3.8) is 0 Å². The van der Waals surface area contributed by atoms with Gasteiger partial charge in [-0.2, -0.15) is 0 Å². The van der Waals surface area contributed by atoms with Crippen LogP contribution in [0.15, 0.2) is 18.2 Å². The van der Waals surface area contributed by atoms with Gasteiger partial charge in [0.2, 0.25) is 11.8 Å². The molecule has 1 N–H and O–H groups in total. The van der Waals surface area contributed by atoms with Crippen LogP contribution in [0, 0.1) is 11.6 Å². The number of hydrogen-bond donors (Lipinski definition) is 1. The zero-order valence-electron chi connectivity index (χ0n) is 14.0. The second-order valence-electron chi connectivity index (χ2n) is 6.24. The molecule has 0 aromatic heterocycles. The van der Waals surface area contributed by atoms with Gasteiger partial charge in [0.1, 0.15) is 11.6 Å². The van der Waals surface area contributed by atoms with Gasteiger partial charge in [0, 0.05) is 25.6 Å². The molecule has 1 atom stereocenters. The molecule has 132 valence electrons. The minimum Gasteiger partial charge on any atom is -0.349 e. The normalized spacial score (nSPS) is 16.9. The quantitative estimate of drug-likeness (QED) is 0.915. The van der Waals surface area contributed by atoms with E-state index in [-0.39, 0.29) is 17.9 Å². The molecular weight excluding hydrogens is 314 g/mol. The fourth-order valence-corrected chi connectivity index (χ4v) is 3.11. The highest BCUT2D eigenvalue weighted by molar-refractivity contribution is 5.79. The molecule has 0 saturated carbocycles. The van der Waals surface area contributed by atoms with Crippen molar-refractivity contribution in [2.45, 2.75) is 51.5 Å². The Balaban J connectivity index is 2.16. The van der Waals surface area contributed by atoms with Gasteiger partial charge in [-0.25, -0.2) is 8.78 Å². The van der Waals surface area contributed by atoms with Crippen LogP contribution in [0.5, 0.6) is 0 Å². The van der Waals surface area contributed by atoms with Crippen molar-refractivity contribution in [3.05, 3.63) is 35.4 Å². The number of halogens is 2. The van der Waals surface area contributed by atoms with Crippen LogP contribution in [0.1, 0.15) is 57.1 Å². The Kier molecular flexibility index (Phi) is 6.70. The van der Waals surface area contributed by atoms with E-state index in [2.05, 4.69) is 5.32 Å². The topological polar surface area (TPSA) is 49.4 Å². The lowest BCUT2D eigenvalue weighted by atomic mass is 10.0. The molecule has 2 rings (SSSR count).